The first-order valence-corrected chi connectivity index (χ1v) is 17.7. The lowest BCUT2D eigenvalue weighted by molar-refractivity contribution is 0.239. The number of aliphatic hydroxyl groups is 2. The summed E-state index contributed by atoms with van der Waals surface area (Å²) >= 11 is 0. The van der Waals surface area contributed by atoms with Crippen LogP contribution in [0.15, 0.2) is 24.3 Å². The Labute approximate surface area is 281 Å². The number of aryl methyl sites for hydroxylation is 4. The maximum atomic E-state index is 12.3. The van der Waals surface area contributed by atoms with Crippen LogP contribution in [0, 0.1) is 0 Å². The number of carbonyl (C=O) groups excluding carboxylic acids is 2. The van der Waals surface area contributed by atoms with Crippen molar-refractivity contribution >= 4 is 12.1 Å². The smallest absolute Gasteiger partial charge is 0.315 e. The summed E-state index contributed by atoms with van der Waals surface area (Å²) in [5.41, 5.74) is 4.73. The molecule has 0 radical (unpaired) electrons. The van der Waals surface area contributed by atoms with Crippen LogP contribution in [0.3, 0.4) is 0 Å². The summed E-state index contributed by atoms with van der Waals surface area (Å²) in [4.78, 5) is 24.7. The second-order valence-corrected chi connectivity index (χ2v) is 12.4. The van der Waals surface area contributed by atoms with Crippen LogP contribution in [-0.2, 0) is 38.8 Å². The van der Waals surface area contributed by atoms with E-state index in [2.05, 4.69) is 35.1 Å². The Bertz CT molecular complexity index is 1110. The fourth-order valence-electron chi connectivity index (χ4n) is 5.62. The Balaban J connectivity index is 2.09. The van der Waals surface area contributed by atoms with Crippen LogP contribution in [-0.4, -0.2) is 58.8 Å². The molecule has 0 unspecified atom stereocenters. The number of nitrogens with one attached hydrogen (secondary N) is 4. The molecule has 0 saturated carbocycles. The molecule has 10 nitrogen and oxygen atoms in total. The van der Waals surface area contributed by atoms with Crippen LogP contribution >= 0.6 is 0 Å². The van der Waals surface area contributed by atoms with Crippen LogP contribution in [0.25, 0.3) is 0 Å². The molecule has 0 aliphatic heterocycles. The minimum atomic E-state index is -0.269. The first-order chi connectivity index (χ1) is 22.8. The molecular weight excluding hydrogens is 596 g/mol. The highest BCUT2D eigenvalue weighted by atomic mass is 16.3. The van der Waals surface area contributed by atoms with E-state index in [-0.39, 0.29) is 49.9 Å². The van der Waals surface area contributed by atoms with Gasteiger partial charge in [-0.05, 0) is 80.0 Å². The SMILES string of the molecule is CCCCCCNC(=O)NCc1cc(CCCO)cc(CCCc2cc(CCCO)cc(CNC(=O)NCCCCCC)c2O)c1O. The van der Waals surface area contributed by atoms with Gasteiger partial charge in [-0.1, -0.05) is 76.6 Å². The fourth-order valence-corrected chi connectivity index (χ4v) is 5.62. The predicted octanol–water partition coefficient (Wildman–Crippen LogP) is 5.88. The second-order valence-electron chi connectivity index (χ2n) is 12.4. The molecule has 0 saturated heterocycles. The van der Waals surface area contributed by atoms with E-state index >= 15 is 0 Å². The maximum absolute atomic E-state index is 12.3. The van der Waals surface area contributed by atoms with Crippen molar-refractivity contribution in [1.82, 2.24) is 21.3 Å². The summed E-state index contributed by atoms with van der Waals surface area (Å²) in [6.45, 7) is 6.00. The molecule has 8 N–H and O–H groups in total. The Morgan fingerprint density at radius 2 is 0.915 bits per heavy atom. The summed E-state index contributed by atoms with van der Waals surface area (Å²) < 4.78 is 0. The molecule has 2 aromatic carbocycles. The van der Waals surface area contributed by atoms with E-state index in [9.17, 15) is 30.0 Å². The Morgan fingerprint density at radius 3 is 1.30 bits per heavy atom. The van der Waals surface area contributed by atoms with Crippen molar-refractivity contribution < 1.29 is 30.0 Å². The number of phenolic OH excluding ortho intramolecular Hbond substituents is 2. The van der Waals surface area contributed by atoms with Gasteiger partial charge in [-0.3, -0.25) is 0 Å². The molecule has 0 atom stereocenters. The molecule has 0 spiro atoms. The number of carbonyl (C=O) groups is 2. The van der Waals surface area contributed by atoms with Crippen molar-refractivity contribution in [3.05, 3.63) is 57.6 Å². The van der Waals surface area contributed by atoms with Crippen LogP contribution in [0.2, 0.25) is 0 Å². The molecule has 264 valence electrons. The van der Waals surface area contributed by atoms with Crippen molar-refractivity contribution in [2.75, 3.05) is 26.3 Å². The van der Waals surface area contributed by atoms with Gasteiger partial charge in [-0.15, -0.1) is 0 Å². The first-order valence-electron chi connectivity index (χ1n) is 17.7. The summed E-state index contributed by atoms with van der Waals surface area (Å²) in [6.07, 6.45) is 12.8. The van der Waals surface area contributed by atoms with Gasteiger partial charge >= 0.3 is 12.1 Å². The first kappa shape index (κ1) is 39.7. The monoisotopic (exact) mass is 656 g/mol. The number of aliphatic hydroxyl groups excluding tert-OH is 2. The number of hydrogen-bond acceptors (Lipinski definition) is 6. The van der Waals surface area contributed by atoms with Gasteiger partial charge in [0.25, 0.3) is 0 Å². The third-order valence-electron chi connectivity index (χ3n) is 8.31. The molecule has 2 rings (SSSR count). The van der Waals surface area contributed by atoms with Gasteiger partial charge in [0.1, 0.15) is 11.5 Å². The molecule has 0 aromatic heterocycles. The van der Waals surface area contributed by atoms with Crippen LogP contribution in [0.5, 0.6) is 11.5 Å². The average Bonchev–Trinajstić information content (AvgIpc) is 3.06. The zero-order valence-electron chi connectivity index (χ0n) is 28.8. The molecule has 0 aliphatic rings. The zero-order chi connectivity index (χ0) is 34.3. The van der Waals surface area contributed by atoms with Gasteiger partial charge < -0.3 is 41.7 Å². The molecule has 0 heterocycles. The Morgan fingerprint density at radius 1 is 0.511 bits per heavy atom. The Hall–Kier alpha value is -3.50. The number of unbranched alkanes of at least 4 members (excludes halogenated alkanes) is 6. The third-order valence-corrected chi connectivity index (χ3v) is 8.31. The maximum Gasteiger partial charge on any atom is 0.315 e. The third kappa shape index (κ3) is 15.8. The lowest BCUT2D eigenvalue weighted by Crippen LogP contribution is -2.35. The fraction of sp³-hybridized carbons (Fsp3) is 0.622. The highest BCUT2D eigenvalue weighted by Crippen LogP contribution is 2.30. The van der Waals surface area contributed by atoms with E-state index in [1.165, 1.54) is 0 Å². The molecule has 0 aliphatic carbocycles. The van der Waals surface area contributed by atoms with Crippen LogP contribution in [0.1, 0.15) is 118 Å². The van der Waals surface area contributed by atoms with Gasteiger partial charge in [-0.2, -0.15) is 0 Å². The predicted molar refractivity (Wildman–Crippen MR) is 188 cm³/mol. The van der Waals surface area contributed by atoms with Crippen molar-refractivity contribution in [3.8, 4) is 11.5 Å². The second kappa shape index (κ2) is 23.8. The Kier molecular flexibility index (Phi) is 20.1. The minimum absolute atomic E-state index is 0.0634. The van der Waals surface area contributed by atoms with Crippen LogP contribution in [0.4, 0.5) is 9.59 Å². The number of aromatic hydroxyl groups is 2. The molecular formula is C37H60N4O6. The topological polar surface area (TPSA) is 163 Å². The summed E-state index contributed by atoms with van der Waals surface area (Å²) in [6, 6.07) is 7.13. The van der Waals surface area contributed by atoms with E-state index in [4.69, 9.17) is 0 Å². The van der Waals surface area contributed by atoms with Crippen molar-refractivity contribution in [1.29, 1.82) is 0 Å². The number of amides is 4. The number of rotatable bonds is 24. The van der Waals surface area contributed by atoms with Crippen molar-refractivity contribution in [2.45, 2.75) is 123 Å². The standard InChI is InChI=1S/C37H60N4O6/c1-3-5-7-9-18-38-36(46)40-26-32-24-28(14-12-20-42)22-30(34(32)44)16-11-17-31-23-29(15-13-21-43)25-33(35(31)45)27-41-37(47)39-19-10-8-6-4-2/h22-25,42-45H,3-21,26-27H2,1-2H3,(H2,38,40,46)(H2,39,41,47). The van der Waals surface area contributed by atoms with Gasteiger partial charge in [-0.25, -0.2) is 9.59 Å². The van der Waals surface area contributed by atoms with Gasteiger partial charge in [0, 0.05) is 50.5 Å². The van der Waals surface area contributed by atoms with E-state index in [1.807, 2.05) is 24.3 Å². The van der Waals surface area contributed by atoms with Gasteiger partial charge in [0.05, 0.1) is 0 Å². The van der Waals surface area contributed by atoms with Gasteiger partial charge in [0.15, 0.2) is 0 Å². The van der Waals surface area contributed by atoms with Crippen LogP contribution < -0.4 is 21.3 Å². The highest BCUT2D eigenvalue weighted by molar-refractivity contribution is 5.74. The summed E-state index contributed by atoms with van der Waals surface area (Å²) in [5, 5.41) is 52.5. The average molecular weight is 657 g/mol. The lowest BCUT2D eigenvalue weighted by Gasteiger charge is -2.16. The van der Waals surface area contributed by atoms with E-state index in [1.54, 1.807) is 0 Å². The van der Waals surface area contributed by atoms with Crippen molar-refractivity contribution in [2.24, 2.45) is 0 Å². The van der Waals surface area contributed by atoms with E-state index in [0.717, 1.165) is 73.6 Å². The normalized spacial score (nSPS) is 11.0. The molecule has 2 aromatic rings. The van der Waals surface area contributed by atoms with E-state index in [0.29, 0.717) is 69.2 Å². The highest BCUT2D eigenvalue weighted by Gasteiger charge is 2.15. The molecule has 47 heavy (non-hydrogen) atoms. The number of urea groups is 2. The lowest BCUT2D eigenvalue weighted by atomic mass is 9.94. The van der Waals surface area contributed by atoms with Gasteiger partial charge in [0.2, 0.25) is 0 Å². The molecule has 0 fully saturated rings. The number of benzene rings is 2. The zero-order valence-corrected chi connectivity index (χ0v) is 28.8. The quantitative estimate of drug-likeness (QED) is 0.0658. The number of phenols is 2. The molecule has 10 heteroatoms. The van der Waals surface area contributed by atoms with E-state index < -0.39 is 0 Å². The minimum Gasteiger partial charge on any atom is -0.507 e. The van der Waals surface area contributed by atoms with Crippen molar-refractivity contribution in [3.63, 3.8) is 0 Å². The summed E-state index contributed by atoms with van der Waals surface area (Å²) in [7, 11) is 0. The largest absolute Gasteiger partial charge is 0.507 e. The molecule has 4 amide bonds. The molecule has 0 bridgehead atoms. The number of hydrogen-bond donors (Lipinski definition) is 8. The summed E-state index contributed by atoms with van der Waals surface area (Å²) in [5.74, 6) is 0.292.